The average molecular weight is 283 g/mol. The van der Waals surface area contributed by atoms with Crippen molar-refractivity contribution in [1.29, 1.82) is 0 Å². The lowest BCUT2D eigenvalue weighted by molar-refractivity contribution is 0.392. The van der Waals surface area contributed by atoms with Crippen LogP contribution in [0.15, 0.2) is 42.5 Å². The Morgan fingerprint density at radius 1 is 0.952 bits per heavy atom. The summed E-state index contributed by atoms with van der Waals surface area (Å²) < 4.78 is 10.6. The van der Waals surface area contributed by atoms with Crippen molar-refractivity contribution in [2.75, 3.05) is 14.2 Å². The fourth-order valence-corrected chi connectivity index (χ4v) is 2.93. The highest BCUT2D eigenvalue weighted by atomic mass is 16.5. The van der Waals surface area contributed by atoms with Gasteiger partial charge in [-0.1, -0.05) is 24.3 Å². The third kappa shape index (κ3) is 3.19. The first-order chi connectivity index (χ1) is 10.3. The number of hydrogen-bond donors (Lipinski definition) is 1. The van der Waals surface area contributed by atoms with Crippen LogP contribution < -0.4 is 14.8 Å². The fourth-order valence-electron chi connectivity index (χ4n) is 2.93. The number of ether oxygens (including phenoxy) is 2. The maximum absolute atomic E-state index is 5.31. The molecule has 1 aliphatic rings. The van der Waals surface area contributed by atoms with Gasteiger partial charge in [0.25, 0.3) is 0 Å². The Morgan fingerprint density at radius 3 is 2.05 bits per heavy atom. The first kappa shape index (κ1) is 14.0. The molecule has 2 aromatic carbocycles. The minimum atomic E-state index is 0.514. The first-order valence-corrected chi connectivity index (χ1v) is 7.30. The minimum Gasteiger partial charge on any atom is -0.497 e. The Bertz CT molecular complexity index is 577. The van der Waals surface area contributed by atoms with Gasteiger partial charge < -0.3 is 14.8 Å². The van der Waals surface area contributed by atoms with Crippen LogP contribution in [0.2, 0.25) is 0 Å². The van der Waals surface area contributed by atoms with Crippen LogP contribution in [0.1, 0.15) is 16.7 Å². The molecule has 0 amide bonds. The van der Waals surface area contributed by atoms with Gasteiger partial charge in [0.05, 0.1) is 14.2 Å². The number of methoxy groups -OCH3 is 2. The Kier molecular flexibility index (Phi) is 4.11. The zero-order valence-corrected chi connectivity index (χ0v) is 12.6. The molecule has 0 aliphatic heterocycles. The minimum absolute atomic E-state index is 0.514. The number of benzene rings is 2. The van der Waals surface area contributed by atoms with Crippen molar-refractivity contribution in [3.8, 4) is 11.5 Å². The van der Waals surface area contributed by atoms with E-state index in [1.165, 1.54) is 16.7 Å². The van der Waals surface area contributed by atoms with Crippen LogP contribution in [0.25, 0.3) is 0 Å². The van der Waals surface area contributed by atoms with Crippen molar-refractivity contribution < 1.29 is 9.47 Å². The highest BCUT2D eigenvalue weighted by Crippen LogP contribution is 2.24. The van der Waals surface area contributed by atoms with Crippen LogP contribution in [0, 0.1) is 0 Å². The zero-order chi connectivity index (χ0) is 14.7. The van der Waals surface area contributed by atoms with Crippen LogP contribution in [-0.4, -0.2) is 20.3 Å². The van der Waals surface area contributed by atoms with Crippen molar-refractivity contribution in [2.45, 2.75) is 25.4 Å². The van der Waals surface area contributed by atoms with E-state index >= 15 is 0 Å². The molecule has 21 heavy (non-hydrogen) atoms. The second-order valence-corrected chi connectivity index (χ2v) is 5.48. The van der Waals surface area contributed by atoms with Crippen LogP contribution >= 0.6 is 0 Å². The van der Waals surface area contributed by atoms with E-state index in [0.29, 0.717) is 6.04 Å². The van der Waals surface area contributed by atoms with E-state index in [1.54, 1.807) is 14.2 Å². The second kappa shape index (κ2) is 6.19. The summed E-state index contributed by atoms with van der Waals surface area (Å²) in [7, 11) is 3.36. The Morgan fingerprint density at radius 2 is 1.52 bits per heavy atom. The number of rotatable bonds is 5. The van der Waals surface area contributed by atoms with Crippen molar-refractivity contribution in [3.05, 3.63) is 59.2 Å². The molecule has 0 radical (unpaired) electrons. The molecule has 3 nitrogen and oxygen atoms in total. The standard InChI is InChI=1S/C18H21NO2/c1-20-17-7-13(8-18(11-17)21-2)12-19-16-9-14-5-3-4-6-15(14)10-16/h3-8,11,16,19H,9-10,12H2,1-2H3. The summed E-state index contributed by atoms with van der Waals surface area (Å²) >= 11 is 0. The van der Waals surface area contributed by atoms with E-state index in [1.807, 2.05) is 6.07 Å². The second-order valence-electron chi connectivity index (χ2n) is 5.48. The predicted molar refractivity (Wildman–Crippen MR) is 84.0 cm³/mol. The lowest BCUT2D eigenvalue weighted by Crippen LogP contribution is -2.28. The average Bonchev–Trinajstić information content (AvgIpc) is 2.95. The summed E-state index contributed by atoms with van der Waals surface area (Å²) in [5, 5.41) is 3.64. The van der Waals surface area contributed by atoms with Gasteiger partial charge in [0, 0.05) is 18.7 Å². The van der Waals surface area contributed by atoms with Crippen LogP contribution in [0.4, 0.5) is 0 Å². The molecule has 0 atom stereocenters. The molecule has 110 valence electrons. The lowest BCUT2D eigenvalue weighted by atomic mass is 10.1. The maximum Gasteiger partial charge on any atom is 0.122 e. The lowest BCUT2D eigenvalue weighted by Gasteiger charge is -2.13. The van der Waals surface area contributed by atoms with Crippen molar-refractivity contribution in [2.24, 2.45) is 0 Å². The van der Waals surface area contributed by atoms with E-state index < -0.39 is 0 Å². The molecule has 0 heterocycles. The number of nitrogens with one attached hydrogen (secondary N) is 1. The van der Waals surface area contributed by atoms with Crippen molar-refractivity contribution >= 4 is 0 Å². The molecule has 0 spiro atoms. The molecule has 0 unspecified atom stereocenters. The molecule has 0 bridgehead atoms. The molecule has 3 rings (SSSR count). The highest BCUT2D eigenvalue weighted by molar-refractivity contribution is 5.38. The Labute approximate surface area is 125 Å². The van der Waals surface area contributed by atoms with Crippen molar-refractivity contribution in [3.63, 3.8) is 0 Å². The SMILES string of the molecule is COc1cc(CNC2Cc3ccccc3C2)cc(OC)c1. The van der Waals surface area contributed by atoms with E-state index in [0.717, 1.165) is 30.9 Å². The quantitative estimate of drug-likeness (QED) is 0.915. The molecule has 1 aliphatic carbocycles. The molecule has 0 saturated carbocycles. The molecule has 0 saturated heterocycles. The number of fused-ring (bicyclic) bond motifs is 1. The van der Waals surface area contributed by atoms with E-state index in [-0.39, 0.29) is 0 Å². The summed E-state index contributed by atoms with van der Waals surface area (Å²) in [5.74, 6) is 1.67. The highest BCUT2D eigenvalue weighted by Gasteiger charge is 2.20. The number of hydrogen-bond acceptors (Lipinski definition) is 3. The maximum atomic E-state index is 5.31. The van der Waals surface area contributed by atoms with E-state index in [2.05, 4.69) is 41.7 Å². The summed E-state index contributed by atoms with van der Waals surface area (Å²) in [6.07, 6.45) is 2.22. The van der Waals surface area contributed by atoms with Gasteiger partial charge in [0.2, 0.25) is 0 Å². The summed E-state index contributed by atoms with van der Waals surface area (Å²) in [4.78, 5) is 0. The molecule has 2 aromatic rings. The van der Waals surface area contributed by atoms with Crippen LogP contribution in [0.5, 0.6) is 11.5 Å². The molecule has 3 heteroatoms. The van der Waals surface area contributed by atoms with Gasteiger partial charge >= 0.3 is 0 Å². The molecule has 0 fully saturated rings. The van der Waals surface area contributed by atoms with Gasteiger partial charge in [-0.05, 0) is 41.7 Å². The monoisotopic (exact) mass is 283 g/mol. The largest absolute Gasteiger partial charge is 0.497 e. The fraction of sp³-hybridized carbons (Fsp3) is 0.333. The Hall–Kier alpha value is -2.00. The topological polar surface area (TPSA) is 30.5 Å². The van der Waals surface area contributed by atoms with Gasteiger partial charge in [-0.25, -0.2) is 0 Å². The third-order valence-electron chi connectivity index (χ3n) is 4.06. The first-order valence-electron chi connectivity index (χ1n) is 7.30. The normalized spacial score (nSPS) is 14.0. The smallest absolute Gasteiger partial charge is 0.122 e. The van der Waals surface area contributed by atoms with Gasteiger partial charge in [-0.2, -0.15) is 0 Å². The molecular formula is C18H21NO2. The van der Waals surface area contributed by atoms with Gasteiger partial charge in [-0.3, -0.25) is 0 Å². The van der Waals surface area contributed by atoms with E-state index in [9.17, 15) is 0 Å². The third-order valence-corrected chi connectivity index (χ3v) is 4.06. The van der Waals surface area contributed by atoms with E-state index in [4.69, 9.17) is 9.47 Å². The Balaban J connectivity index is 1.64. The zero-order valence-electron chi connectivity index (χ0n) is 12.6. The molecule has 0 aromatic heterocycles. The molecule has 1 N–H and O–H groups in total. The van der Waals surface area contributed by atoms with Gasteiger partial charge in [0.15, 0.2) is 0 Å². The predicted octanol–water partition coefficient (Wildman–Crippen LogP) is 2.96. The van der Waals surface area contributed by atoms with Gasteiger partial charge in [0.1, 0.15) is 11.5 Å². The van der Waals surface area contributed by atoms with Crippen molar-refractivity contribution in [1.82, 2.24) is 5.32 Å². The van der Waals surface area contributed by atoms with Crippen LogP contribution in [0.3, 0.4) is 0 Å². The van der Waals surface area contributed by atoms with Crippen LogP contribution in [-0.2, 0) is 19.4 Å². The summed E-state index contributed by atoms with van der Waals surface area (Å²) in [6.45, 7) is 0.826. The summed E-state index contributed by atoms with van der Waals surface area (Å²) in [5.41, 5.74) is 4.12. The summed E-state index contributed by atoms with van der Waals surface area (Å²) in [6, 6.07) is 15.2. The van der Waals surface area contributed by atoms with Gasteiger partial charge in [-0.15, -0.1) is 0 Å². The molecular weight excluding hydrogens is 262 g/mol.